The molecule has 0 radical (unpaired) electrons. The van der Waals surface area contributed by atoms with Crippen molar-refractivity contribution in [3.63, 3.8) is 0 Å². The molecule has 7 nitrogen and oxygen atoms in total. The van der Waals surface area contributed by atoms with Crippen LogP contribution in [-0.2, 0) is 10.0 Å². The molecule has 0 atom stereocenters. The SMILES string of the molecule is Cc1ccc([N+](=O)[O-])c(S(=O)(=O)NCCCCN)c1C.Cl. The van der Waals surface area contributed by atoms with Crippen molar-refractivity contribution >= 4 is 28.1 Å². The molecule has 0 aliphatic carbocycles. The number of rotatable bonds is 7. The normalized spacial score (nSPS) is 11.0. The van der Waals surface area contributed by atoms with Crippen LogP contribution in [0.2, 0.25) is 0 Å². The molecule has 0 saturated carbocycles. The van der Waals surface area contributed by atoms with E-state index in [9.17, 15) is 18.5 Å². The molecule has 1 rings (SSSR count). The van der Waals surface area contributed by atoms with Crippen molar-refractivity contribution < 1.29 is 13.3 Å². The summed E-state index contributed by atoms with van der Waals surface area (Å²) in [6.45, 7) is 3.97. The van der Waals surface area contributed by atoms with E-state index in [4.69, 9.17) is 5.73 Å². The first kappa shape index (κ1) is 19.8. The van der Waals surface area contributed by atoms with E-state index < -0.39 is 20.6 Å². The molecule has 0 saturated heterocycles. The highest BCUT2D eigenvalue weighted by atomic mass is 35.5. The number of halogens is 1. The molecule has 0 aromatic heterocycles. The molecule has 21 heavy (non-hydrogen) atoms. The summed E-state index contributed by atoms with van der Waals surface area (Å²) < 4.78 is 26.9. The Morgan fingerprint density at radius 1 is 1.29 bits per heavy atom. The van der Waals surface area contributed by atoms with E-state index in [-0.39, 0.29) is 23.8 Å². The molecule has 0 aliphatic heterocycles. The Morgan fingerprint density at radius 3 is 2.43 bits per heavy atom. The zero-order valence-electron chi connectivity index (χ0n) is 12.0. The minimum atomic E-state index is -3.90. The van der Waals surface area contributed by atoms with E-state index in [0.717, 1.165) is 0 Å². The van der Waals surface area contributed by atoms with E-state index in [0.29, 0.717) is 30.5 Å². The molecule has 0 fully saturated rings. The van der Waals surface area contributed by atoms with Crippen LogP contribution in [0.15, 0.2) is 17.0 Å². The average molecular weight is 338 g/mol. The lowest BCUT2D eigenvalue weighted by Gasteiger charge is -2.11. The third-order valence-corrected chi connectivity index (χ3v) is 4.68. The Balaban J connectivity index is 0.00000400. The Bertz CT molecular complexity index is 605. The van der Waals surface area contributed by atoms with Crippen molar-refractivity contribution in [2.75, 3.05) is 13.1 Å². The molecule has 1 aromatic carbocycles. The fraction of sp³-hybridized carbons (Fsp3) is 0.500. The first-order valence-electron chi connectivity index (χ1n) is 6.25. The Labute approximate surface area is 130 Å². The minimum absolute atomic E-state index is 0. The summed E-state index contributed by atoms with van der Waals surface area (Å²) in [7, 11) is -3.90. The van der Waals surface area contributed by atoms with Crippen LogP contribution in [0.25, 0.3) is 0 Å². The minimum Gasteiger partial charge on any atom is -0.330 e. The molecule has 0 aliphatic rings. The van der Waals surface area contributed by atoms with Crippen molar-refractivity contribution in [1.82, 2.24) is 4.72 Å². The number of benzene rings is 1. The molecule has 120 valence electrons. The van der Waals surface area contributed by atoms with Crippen LogP contribution in [0.4, 0.5) is 5.69 Å². The molecule has 9 heteroatoms. The van der Waals surface area contributed by atoms with E-state index in [2.05, 4.69) is 4.72 Å². The van der Waals surface area contributed by atoms with Crippen LogP contribution in [0.1, 0.15) is 24.0 Å². The Kier molecular flexibility index (Phi) is 7.80. The molecule has 0 amide bonds. The highest BCUT2D eigenvalue weighted by molar-refractivity contribution is 7.89. The summed E-state index contributed by atoms with van der Waals surface area (Å²) in [5.74, 6) is 0. The van der Waals surface area contributed by atoms with Gasteiger partial charge in [-0.2, -0.15) is 0 Å². The molecule has 0 bridgehead atoms. The van der Waals surface area contributed by atoms with Crippen LogP contribution >= 0.6 is 12.4 Å². The predicted molar refractivity (Wildman–Crippen MR) is 83.3 cm³/mol. The van der Waals surface area contributed by atoms with E-state index in [1.165, 1.54) is 6.07 Å². The largest absolute Gasteiger partial charge is 0.330 e. The summed E-state index contributed by atoms with van der Waals surface area (Å²) in [4.78, 5) is 10.1. The third kappa shape index (κ3) is 4.92. The van der Waals surface area contributed by atoms with Crippen LogP contribution in [0, 0.1) is 24.0 Å². The monoisotopic (exact) mass is 337 g/mol. The van der Waals surface area contributed by atoms with Crippen molar-refractivity contribution in [3.8, 4) is 0 Å². The van der Waals surface area contributed by atoms with Gasteiger partial charge in [-0.1, -0.05) is 6.07 Å². The van der Waals surface area contributed by atoms with Gasteiger partial charge in [-0.15, -0.1) is 12.4 Å². The highest BCUT2D eigenvalue weighted by Crippen LogP contribution is 2.29. The van der Waals surface area contributed by atoms with Crippen LogP contribution < -0.4 is 10.5 Å². The third-order valence-electron chi connectivity index (χ3n) is 3.04. The zero-order chi connectivity index (χ0) is 15.3. The van der Waals surface area contributed by atoms with Gasteiger partial charge in [0.05, 0.1) is 4.92 Å². The Hall–Kier alpha value is -1.22. The lowest BCUT2D eigenvalue weighted by Crippen LogP contribution is -2.27. The molecule has 3 N–H and O–H groups in total. The van der Waals surface area contributed by atoms with E-state index in [1.54, 1.807) is 19.9 Å². The van der Waals surface area contributed by atoms with Gasteiger partial charge in [0.1, 0.15) is 0 Å². The van der Waals surface area contributed by atoms with Gasteiger partial charge in [0, 0.05) is 12.6 Å². The number of nitro groups is 1. The predicted octanol–water partition coefficient (Wildman–Crippen LogP) is 1.65. The van der Waals surface area contributed by atoms with Gasteiger partial charge in [-0.25, -0.2) is 13.1 Å². The van der Waals surface area contributed by atoms with E-state index in [1.807, 2.05) is 0 Å². The smallest absolute Gasteiger partial charge is 0.289 e. The van der Waals surface area contributed by atoms with Crippen molar-refractivity contribution in [1.29, 1.82) is 0 Å². The summed E-state index contributed by atoms with van der Waals surface area (Å²) >= 11 is 0. The number of sulfonamides is 1. The molecule has 0 heterocycles. The maximum atomic E-state index is 12.2. The second kappa shape index (κ2) is 8.28. The number of unbranched alkanes of at least 4 members (excludes halogenated alkanes) is 1. The fourth-order valence-corrected chi connectivity index (χ4v) is 3.35. The van der Waals surface area contributed by atoms with Crippen molar-refractivity contribution in [2.45, 2.75) is 31.6 Å². The first-order chi connectivity index (χ1) is 9.31. The zero-order valence-corrected chi connectivity index (χ0v) is 13.6. The molecular formula is C12H20ClN3O4S. The van der Waals surface area contributed by atoms with Gasteiger partial charge >= 0.3 is 0 Å². The molecule has 0 unspecified atom stereocenters. The van der Waals surface area contributed by atoms with E-state index >= 15 is 0 Å². The quantitative estimate of drug-likeness (QED) is 0.446. The van der Waals surface area contributed by atoms with Crippen molar-refractivity contribution in [3.05, 3.63) is 33.4 Å². The van der Waals surface area contributed by atoms with Gasteiger partial charge in [0.2, 0.25) is 10.0 Å². The maximum Gasteiger partial charge on any atom is 0.289 e. The first-order valence-corrected chi connectivity index (χ1v) is 7.74. The highest BCUT2D eigenvalue weighted by Gasteiger charge is 2.28. The number of hydrogen-bond donors (Lipinski definition) is 2. The van der Waals surface area contributed by atoms with Crippen LogP contribution in [0.3, 0.4) is 0 Å². The maximum absolute atomic E-state index is 12.2. The number of hydrogen-bond acceptors (Lipinski definition) is 5. The summed E-state index contributed by atoms with van der Waals surface area (Å²) in [5, 5.41) is 11.0. The summed E-state index contributed by atoms with van der Waals surface area (Å²) in [6, 6.07) is 2.76. The van der Waals surface area contributed by atoms with Gasteiger partial charge < -0.3 is 5.73 Å². The standard InChI is InChI=1S/C12H19N3O4S.ClH/c1-9-5-6-11(15(16)17)12(10(9)2)20(18,19)14-8-4-3-7-13;/h5-6,14H,3-4,7-8,13H2,1-2H3;1H. The summed E-state index contributed by atoms with van der Waals surface area (Å²) in [6.07, 6.45) is 1.28. The number of nitrogens with one attached hydrogen (secondary N) is 1. The molecule has 1 aromatic rings. The molecular weight excluding hydrogens is 318 g/mol. The second-order valence-electron chi connectivity index (χ2n) is 4.51. The van der Waals surface area contributed by atoms with Gasteiger partial charge in [0.15, 0.2) is 4.90 Å². The Morgan fingerprint density at radius 2 is 1.90 bits per heavy atom. The fourth-order valence-electron chi connectivity index (χ4n) is 1.81. The second-order valence-corrected chi connectivity index (χ2v) is 6.21. The number of nitrogens with zero attached hydrogens (tertiary/aromatic N) is 1. The van der Waals surface area contributed by atoms with Gasteiger partial charge in [-0.05, 0) is 44.4 Å². The number of nitrogens with two attached hydrogens (primary N) is 1. The summed E-state index contributed by atoms with van der Waals surface area (Å²) in [5.41, 5.74) is 6.01. The molecule has 0 spiro atoms. The van der Waals surface area contributed by atoms with Gasteiger partial charge in [0.25, 0.3) is 5.69 Å². The lowest BCUT2D eigenvalue weighted by atomic mass is 10.1. The van der Waals surface area contributed by atoms with Crippen LogP contribution in [0.5, 0.6) is 0 Å². The lowest BCUT2D eigenvalue weighted by molar-refractivity contribution is -0.387. The average Bonchev–Trinajstić information content (AvgIpc) is 2.37. The van der Waals surface area contributed by atoms with Crippen molar-refractivity contribution in [2.24, 2.45) is 5.73 Å². The topological polar surface area (TPSA) is 115 Å². The van der Waals surface area contributed by atoms with Crippen LogP contribution in [-0.4, -0.2) is 26.4 Å². The van der Waals surface area contributed by atoms with Gasteiger partial charge in [-0.3, -0.25) is 10.1 Å². The number of aryl methyl sites for hydroxylation is 1. The number of nitro benzene ring substituents is 1.